The van der Waals surface area contributed by atoms with Crippen molar-refractivity contribution in [1.29, 1.82) is 0 Å². The smallest absolute Gasteiger partial charge is 0.133 e. The van der Waals surface area contributed by atoms with Gasteiger partial charge in [0.2, 0.25) is 0 Å². The zero-order valence-electron chi connectivity index (χ0n) is 9.89. The van der Waals surface area contributed by atoms with Gasteiger partial charge in [0.05, 0.1) is 0 Å². The van der Waals surface area contributed by atoms with Crippen LogP contribution >= 0.6 is 0 Å². The normalized spacial score (nSPS) is 25.8. The molecule has 3 nitrogen and oxygen atoms in total. The van der Waals surface area contributed by atoms with Gasteiger partial charge >= 0.3 is 0 Å². The van der Waals surface area contributed by atoms with Crippen LogP contribution in [-0.4, -0.2) is 22.6 Å². The highest BCUT2D eigenvalue weighted by Crippen LogP contribution is 2.38. The summed E-state index contributed by atoms with van der Waals surface area (Å²) in [5.74, 6) is 2.86. The predicted molar refractivity (Wildman–Crippen MR) is 64.7 cm³/mol. The Balaban J connectivity index is 1.83. The molecule has 1 aromatic heterocycles. The van der Waals surface area contributed by atoms with Gasteiger partial charge in [-0.1, -0.05) is 0 Å². The Morgan fingerprint density at radius 3 is 2.88 bits per heavy atom. The summed E-state index contributed by atoms with van der Waals surface area (Å²) in [6.07, 6.45) is 8.43. The molecule has 1 atom stereocenters. The molecule has 1 saturated heterocycles. The summed E-state index contributed by atoms with van der Waals surface area (Å²) in [4.78, 5) is 11.5. The number of piperidine rings is 1. The van der Waals surface area contributed by atoms with Gasteiger partial charge in [0.1, 0.15) is 11.6 Å². The molecule has 0 aromatic carbocycles. The van der Waals surface area contributed by atoms with Crippen LogP contribution in [0.3, 0.4) is 0 Å². The average Bonchev–Trinajstić information content (AvgIpc) is 3.14. The molecule has 1 saturated carbocycles. The first-order valence-electron chi connectivity index (χ1n) is 6.44. The lowest BCUT2D eigenvalue weighted by Crippen LogP contribution is -2.38. The van der Waals surface area contributed by atoms with Crippen molar-refractivity contribution in [2.75, 3.05) is 11.4 Å². The van der Waals surface area contributed by atoms with E-state index in [1.54, 1.807) is 0 Å². The second-order valence-electron chi connectivity index (χ2n) is 5.09. The van der Waals surface area contributed by atoms with Crippen LogP contribution in [0, 0.1) is 0 Å². The molecule has 0 radical (unpaired) electrons. The average molecular weight is 217 g/mol. The quantitative estimate of drug-likeness (QED) is 0.762. The van der Waals surface area contributed by atoms with E-state index >= 15 is 0 Å². The highest BCUT2D eigenvalue weighted by Gasteiger charge is 2.27. The van der Waals surface area contributed by atoms with Crippen LogP contribution in [0.25, 0.3) is 0 Å². The van der Waals surface area contributed by atoms with Crippen LogP contribution < -0.4 is 4.90 Å². The first-order valence-corrected chi connectivity index (χ1v) is 6.44. The minimum atomic E-state index is 0.635. The van der Waals surface area contributed by atoms with Crippen molar-refractivity contribution >= 4 is 5.82 Å². The molecule has 2 aliphatic rings. The molecule has 3 rings (SSSR count). The van der Waals surface area contributed by atoms with E-state index in [-0.39, 0.29) is 0 Å². The summed E-state index contributed by atoms with van der Waals surface area (Å²) < 4.78 is 0. The minimum Gasteiger partial charge on any atom is -0.354 e. The van der Waals surface area contributed by atoms with Gasteiger partial charge in [-0.15, -0.1) is 0 Å². The minimum absolute atomic E-state index is 0.635. The third kappa shape index (κ3) is 1.91. The van der Waals surface area contributed by atoms with Crippen LogP contribution in [0.2, 0.25) is 0 Å². The Labute approximate surface area is 96.9 Å². The molecular weight excluding hydrogens is 198 g/mol. The van der Waals surface area contributed by atoms with E-state index in [0.717, 1.165) is 18.2 Å². The molecule has 1 aliphatic carbocycles. The van der Waals surface area contributed by atoms with Crippen LogP contribution in [0.15, 0.2) is 12.3 Å². The van der Waals surface area contributed by atoms with Crippen LogP contribution in [0.1, 0.15) is 50.8 Å². The second-order valence-corrected chi connectivity index (χ2v) is 5.09. The fraction of sp³-hybridized carbons (Fsp3) is 0.692. The molecule has 1 aromatic rings. The lowest BCUT2D eigenvalue weighted by atomic mass is 10.0. The van der Waals surface area contributed by atoms with Crippen molar-refractivity contribution in [3.8, 4) is 0 Å². The van der Waals surface area contributed by atoms with Crippen molar-refractivity contribution in [2.24, 2.45) is 0 Å². The Bertz CT molecular complexity index is 373. The molecule has 1 aliphatic heterocycles. The Hall–Kier alpha value is -1.12. The van der Waals surface area contributed by atoms with E-state index in [1.807, 2.05) is 6.20 Å². The summed E-state index contributed by atoms with van der Waals surface area (Å²) in [6, 6.07) is 2.70. The third-order valence-corrected chi connectivity index (χ3v) is 3.70. The molecule has 2 heterocycles. The standard InChI is InChI=1S/C13H19N3/c1-10-4-2-3-9-16(10)12-7-8-14-13(15-12)11-5-6-11/h7-8,10-11H,2-6,9H2,1H3/t10-/m0/s1. The van der Waals surface area contributed by atoms with Crippen molar-refractivity contribution in [2.45, 2.75) is 51.0 Å². The van der Waals surface area contributed by atoms with E-state index in [9.17, 15) is 0 Å². The van der Waals surface area contributed by atoms with Crippen LogP contribution in [-0.2, 0) is 0 Å². The molecule has 0 bridgehead atoms. The molecule has 3 heteroatoms. The van der Waals surface area contributed by atoms with Gasteiger partial charge in [-0.2, -0.15) is 0 Å². The monoisotopic (exact) mass is 217 g/mol. The third-order valence-electron chi connectivity index (χ3n) is 3.70. The number of rotatable bonds is 2. The number of hydrogen-bond acceptors (Lipinski definition) is 3. The molecule has 0 spiro atoms. The fourth-order valence-electron chi connectivity index (χ4n) is 2.50. The molecule has 16 heavy (non-hydrogen) atoms. The molecule has 86 valence electrons. The number of aromatic nitrogens is 2. The highest BCUT2D eigenvalue weighted by molar-refractivity contribution is 5.39. The van der Waals surface area contributed by atoms with Gasteiger partial charge < -0.3 is 4.90 Å². The largest absolute Gasteiger partial charge is 0.354 e. The van der Waals surface area contributed by atoms with Gasteiger partial charge in [0.25, 0.3) is 0 Å². The Morgan fingerprint density at radius 2 is 2.12 bits per heavy atom. The van der Waals surface area contributed by atoms with E-state index in [1.165, 1.54) is 32.1 Å². The topological polar surface area (TPSA) is 29.0 Å². The van der Waals surface area contributed by atoms with Crippen molar-refractivity contribution in [1.82, 2.24) is 9.97 Å². The van der Waals surface area contributed by atoms with Crippen molar-refractivity contribution < 1.29 is 0 Å². The van der Waals surface area contributed by atoms with Gasteiger partial charge in [-0.25, -0.2) is 9.97 Å². The van der Waals surface area contributed by atoms with Gasteiger partial charge in [-0.3, -0.25) is 0 Å². The van der Waals surface area contributed by atoms with E-state index in [0.29, 0.717) is 12.0 Å². The fourth-order valence-corrected chi connectivity index (χ4v) is 2.50. The van der Waals surface area contributed by atoms with E-state index in [4.69, 9.17) is 4.98 Å². The van der Waals surface area contributed by atoms with Gasteiger partial charge in [0, 0.05) is 24.7 Å². The zero-order valence-corrected chi connectivity index (χ0v) is 9.89. The molecule has 0 N–H and O–H groups in total. The highest BCUT2D eigenvalue weighted by atomic mass is 15.2. The van der Waals surface area contributed by atoms with Crippen LogP contribution in [0.5, 0.6) is 0 Å². The zero-order chi connectivity index (χ0) is 11.0. The Kier molecular flexibility index (Phi) is 2.54. The number of hydrogen-bond donors (Lipinski definition) is 0. The van der Waals surface area contributed by atoms with Gasteiger partial charge in [-0.05, 0) is 45.1 Å². The summed E-state index contributed by atoms with van der Waals surface area (Å²) in [7, 11) is 0. The number of nitrogens with zero attached hydrogens (tertiary/aromatic N) is 3. The summed E-state index contributed by atoms with van der Waals surface area (Å²) >= 11 is 0. The number of anilines is 1. The Morgan fingerprint density at radius 1 is 1.25 bits per heavy atom. The SMILES string of the molecule is C[C@H]1CCCCN1c1ccnc(C2CC2)n1. The summed E-state index contributed by atoms with van der Waals surface area (Å²) in [5, 5.41) is 0. The summed E-state index contributed by atoms with van der Waals surface area (Å²) in [6.45, 7) is 3.46. The van der Waals surface area contributed by atoms with Crippen LogP contribution in [0.4, 0.5) is 5.82 Å². The molecule has 2 fully saturated rings. The first kappa shape index (κ1) is 10.1. The first-order chi connectivity index (χ1) is 7.84. The molecular formula is C13H19N3. The molecule has 0 amide bonds. The van der Waals surface area contributed by atoms with Crippen molar-refractivity contribution in [3.05, 3.63) is 18.1 Å². The van der Waals surface area contributed by atoms with Crippen molar-refractivity contribution in [3.63, 3.8) is 0 Å². The molecule has 0 unspecified atom stereocenters. The summed E-state index contributed by atoms with van der Waals surface area (Å²) in [5.41, 5.74) is 0. The lowest BCUT2D eigenvalue weighted by Gasteiger charge is -2.34. The maximum Gasteiger partial charge on any atom is 0.133 e. The predicted octanol–water partition coefficient (Wildman–Crippen LogP) is 2.73. The lowest BCUT2D eigenvalue weighted by molar-refractivity contribution is 0.480. The maximum atomic E-state index is 4.72. The van der Waals surface area contributed by atoms with E-state index in [2.05, 4.69) is 22.9 Å². The van der Waals surface area contributed by atoms with E-state index < -0.39 is 0 Å². The maximum absolute atomic E-state index is 4.72. The van der Waals surface area contributed by atoms with Gasteiger partial charge in [0.15, 0.2) is 0 Å². The second kappa shape index (κ2) is 4.04.